The third-order valence-corrected chi connectivity index (χ3v) is 6.01. The van der Waals surface area contributed by atoms with Gasteiger partial charge in [-0.15, -0.1) is 21.5 Å². The SMILES string of the molecule is CSc1nnc(CC2CCN(C(=O)C(=O)c3cccs3)CC2)n1C. The number of amides is 1. The van der Waals surface area contributed by atoms with Gasteiger partial charge in [0.1, 0.15) is 5.82 Å². The summed E-state index contributed by atoms with van der Waals surface area (Å²) in [6.45, 7) is 1.27. The average Bonchev–Trinajstić information content (AvgIpc) is 3.25. The Morgan fingerprint density at radius 2 is 2.08 bits per heavy atom. The topological polar surface area (TPSA) is 68.1 Å². The van der Waals surface area contributed by atoms with Crippen molar-refractivity contribution in [2.24, 2.45) is 13.0 Å². The molecule has 0 N–H and O–H groups in total. The van der Waals surface area contributed by atoms with E-state index in [9.17, 15) is 9.59 Å². The summed E-state index contributed by atoms with van der Waals surface area (Å²) in [5.41, 5.74) is 0. The molecule has 0 unspecified atom stereocenters. The van der Waals surface area contributed by atoms with Gasteiger partial charge >= 0.3 is 0 Å². The van der Waals surface area contributed by atoms with Crippen LogP contribution in [0.15, 0.2) is 22.7 Å². The lowest BCUT2D eigenvalue weighted by Crippen LogP contribution is -2.42. The molecule has 0 spiro atoms. The van der Waals surface area contributed by atoms with Crippen LogP contribution in [-0.4, -0.2) is 50.7 Å². The van der Waals surface area contributed by atoms with E-state index in [0.717, 1.165) is 30.2 Å². The number of ketones is 1. The van der Waals surface area contributed by atoms with Crippen LogP contribution in [-0.2, 0) is 18.3 Å². The first-order valence-electron chi connectivity index (χ1n) is 7.89. The van der Waals surface area contributed by atoms with Crippen molar-refractivity contribution in [1.29, 1.82) is 0 Å². The van der Waals surface area contributed by atoms with Crippen LogP contribution in [0.5, 0.6) is 0 Å². The van der Waals surface area contributed by atoms with E-state index in [-0.39, 0.29) is 11.7 Å². The van der Waals surface area contributed by atoms with Crippen molar-refractivity contribution >= 4 is 34.8 Å². The lowest BCUT2D eigenvalue weighted by Gasteiger charge is -2.31. The Balaban J connectivity index is 1.55. The minimum Gasteiger partial charge on any atom is -0.336 e. The van der Waals surface area contributed by atoms with Crippen LogP contribution in [0.2, 0.25) is 0 Å². The molecule has 2 aromatic rings. The molecule has 0 bridgehead atoms. The first kappa shape index (κ1) is 17.2. The minimum absolute atomic E-state index is 0.376. The van der Waals surface area contributed by atoms with Crippen molar-refractivity contribution in [1.82, 2.24) is 19.7 Å². The monoisotopic (exact) mass is 364 g/mol. The van der Waals surface area contributed by atoms with E-state index >= 15 is 0 Å². The van der Waals surface area contributed by atoms with Crippen LogP contribution < -0.4 is 0 Å². The third kappa shape index (κ3) is 3.54. The van der Waals surface area contributed by atoms with Crippen LogP contribution in [0.4, 0.5) is 0 Å². The smallest absolute Gasteiger partial charge is 0.295 e. The van der Waals surface area contributed by atoms with E-state index < -0.39 is 0 Å². The van der Waals surface area contributed by atoms with E-state index in [1.54, 1.807) is 28.8 Å². The van der Waals surface area contributed by atoms with Crippen molar-refractivity contribution in [3.63, 3.8) is 0 Å². The van der Waals surface area contributed by atoms with Gasteiger partial charge in [-0.1, -0.05) is 17.8 Å². The van der Waals surface area contributed by atoms with Gasteiger partial charge in [0.25, 0.3) is 11.7 Å². The zero-order chi connectivity index (χ0) is 17.1. The number of hydrogen-bond acceptors (Lipinski definition) is 6. The molecule has 0 atom stereocenters. The van der Waals surface area contributed by atoms with Crippen LogP contribution in [0, 0.1) is 5.92 Å². The standard InChI is InChI=1S/C16H20N4O2S2/c1-19-13(17-18-16(19)23-2)10-11-5-7-20(8-6-11)15(22)14(21)12-4-3-9-24-12/h3-4,9,11H,5-8,10H2,1-2H3. The molecule has 128 valence electrons. The molecule has 1 amide bonds. The molecule has 3 heterocycles. The van der Waals surface area contributed by atoms with Crippen molar-refractivity contribution in [3.05, 3.63) is 28.2 Å². The van der Waals surface area contributed by atoms with Gasteiger partial charge in [0.15, 0.2) is 5.16 Å². The zero-order valence-corrected chi connectivity index (χ0v) is 15.4. The van der Waals surface area contributed by atoms with Crippen molar-refractivity contribution in [2.45, 2.75) is 24.4 Å². The van der Waals surface area contributed by atoms with Gasteiger partial charge in [0.05, 0.1) is 4.88 Å². The average molecular weight is 364 g/mol. The second-order valence-corrected chi connectivity index (χ2v) is 7.63. The maximum Gasteiger partial charge on any atom is 0.295 e. The number of Topliss-reactive ketones (excluding diaryl/α,β-unsaturated/α-hetero) is 1. The summed E-state index contributed by atoms with van der Waals surface area (Å²) in [7, 11) is 1.99. The molecule has 0 saturated carbocycles. The fraction of sp³-hybridized carbons (Fsp3) is 0.500. The summed E-state index contributed by atoms with van der Waals surface area (Å²) < 4.78 is 2.03. The van der Waals surface area contributed by atoms with Gasteiger partial charge in [0.2, 0.25) is 0 Å². The van der Waals surface area contributed by atoms with Gasteiger partial charge < -0.3 is 9.47 Å². The normalized spacial score (nSPS) is 15.7. The van der Waals surface area contributed by atoms with E-state index in [2.05, 4.69) is 10.2 Å². The van der Waals surface area contributed by atoms with Gasteiger partial charge in [-0.05, 0) is 36.5 Å². The Bertz CT molecular complexity index is 719. The molecule has 6 nitrogen and oxygen atoms in total. The number of likely N-dealkylation sites (tertiary alicyclic amines) is 1. The number of thiophene rings is 1. The summed E-state index contributed by atoms with van der Waals surface area (Å²) in [6.07, 6.45) is 4.64. The lowest BCUT2D eigenvalue weighted by atomic mass is 9.93. The highest BCUT2D eigenvalue weighted by atomic mass is 32.2. The first-order chi connectivity index (χ1) is 11.6. The second kappa shape index (κ2) is 7.48. The number of carbonyl (C=O) groups excluding carboxylic acids is 2. The maximum absolute atomic E-state index is 12.3. The zero-order valence-electron chi connectivity index (χ0n) is 13.8. The third-order valence-electron chi connectivity index (χ3n) is 4.42. The van der Waals surface area contributed by atoms with Crippen molar-refractivity contribution < 1.29 is 9.59 Å². The number of thioether (sulfide) groups is 1. The van der Waals surface area contributed by atoms with Gasteiger partial charge in [-0.2, -0.15) is 0 Å². The molecular formula is C16H20N4O2S2. The van der Waals surface area contributed by atoms with Crippen molar-refractivity contribution in [2.75, 3.05) is 19.3 Å². The van der Waals surface area contributed by atoms with Gasteiger partial charge in [0, 0.05) is 26.6 Å². The molecule has 1 aliphatic heterocycles. The lowest BCUT2D eigenvalue weighted by molar-refractivity contribution is -0.127. The number of rotatable bonds is 5. The minimum atomic E-state index is -0.388. The molecule has 3 rings (SSSR count). The molecular weight excluding hydrogens is 344 g/mol. The molecule has 0 radical (unpaired) electrons. The molecule has 24 heavy (non-hydrogen) atoms. The highest BCUT2D eigenvalue weighted by Gasteiger charge is 2.28. The van der Waals surface area contributed by atoms with E-state index in [4.69, 9.17) is 0 Å². The van der Waals surface area contributed by atoms with Gasteiger partial charge in [-0.25, -0.2) is 0 Å². The summed E-state index contributed by atoms with van der Waals surface area (Å²) in [5.74, 6) is 0.697. The van der Waals surface area contributed by atoms with Crippen LogP contribution >= 0.6 is 23.1 Å². The number of nitrogens with zero attached hydrogens (tertiary/aromatic N) is 4. The Labute approximate surface area is 149 Å². The highest BCUT2D eigenvalue weighted by molar-refractivity contribution is 7.98. The van der Waals surface area contributed by atoms with Gasteiger partial charge in [-0.3, -0.25) is 9.59 Å². The van der Waals surface area contributed by atoms with E-state index in [0.29, 0.717) is 23.9 Å². The first-order valence-corrected chi connectivity index (χ1v) is 10.00. The highest BCUT2D eigenvalue weighted by Crippen LogP contribution is 2.23. The van der Waals surface area contributed by atoms with Crippen molar-refractivity contribution in [3.8, 4) is 0 Å². The predicted octanol–water partition coefficient (Wildman–Crippen LogP) is 2.26. The summed E-state index contributed by atoms with van der Waals surface area (Å²) in [6, 6.07) is 3.50. The molecule has 1 fully saturated rings. The van der Waals surface area contributed by atoms with E-state index in [1.807, 2.05) is 23.3 Å². The number of aromatic nitrogens is 3. The van der Waals surface area contributed by atoms with Crippen LogP contribution in [0.1, 0.15) is 28.3 Å². The quantitative estimate of drug-likeness (QED) is 0.462. The summed E-state index contributed by atoms with van der Waals surface area (Å²) in [4.78, 5) is 26.7. The fourth-order valence-corrected chi connectivity index (χ4v) is 4.11. The Kier molecular flexibility index (Phi) is 5.35. The number of hydrogen-bond donors (Lipinski definition) is 0. The van der Waals surface area contributed by atoms with Crippen LogP contribution in [0.3, 0.4) is 0 Å². The number of piperidine rings is 1. The summed E-state index contributed by atoms with van der Waals surface area (Å²) in [5, 5.41) is 11.1. The Morgan fingerprint density at radius 1 is 1.33 bits per heavy atom. The fourth-order valence-electron chi connectivity index (χ4n) is 2.96. The molecule has 8 heteroatoms. The maximum atomic E-state index is 12.3. The molecule has 0 aliphatic carbocycles. The molecule has 2 aromatic heterocycles. The number of carbonyl (C=O) groups is 2. The Hall–Kier alpha value is -1.67. The molecule has 0 aromatic carbocycles. The second-order valence-electron chi connectivity index (χ2n) is 5.91. The predicted molar refractivity (Wildman–Crippen MR) is 94.4 cm³/mol. The molecule has 1 aliphatic rings. The summed E-state index contributed by atoms with van der Waals surface area (Å²) >= 11 is 2.90. The largest absolute Gasteiger partial charge is 0.336 e. The molecule has 1 saturated heterocycles. The van der Waals surface area contributed by atoms with Crippen LogP contribution in [0.25, 0.3) is 0 Å². The Morgan fingerprint density at radius 3 is 2.67 bits per heavy atom. The van der Waals surface area contributed by atoms with E-state index in [1.165, 1.54) is 11.3 Å².